The van der Waals surface area contributed by atoms with E-state index in [9.17, 15) is 14.0 Å². The van der Waals surface area contributed by atoms with E-state index in [1.165, 1.54) is 12.1 Å². The van der Waals surface area contributed by atoms with E-state index in [1.54, 1.807) is 18.2 Å². The van der Waals surface area contributed by atoms with Crippen LogP contribution >= 0.6 is 0 Å². The molecule has 0 radical (unpaired) electrons. The van der Waals surface area contributed by atoms with Crippen LogP contribution in [0.2, 0.25) is 0 Å². The van der Waals surface area contributed by atoms with E-state index in [0.29, 0.717) is 17.9 Å². The Morgan fingerprint density at radius 1 is 1.07 bits per heavy atom. The van der Waals surface area contributed by atoms with Gasteiger partial charge in [-0.25, -0.2) is 4.39 Å². The number of amides is 2. The van der Waals surface area contributed by atoms with Crippen LogP contribution in [-0.2, 0) is 11.2 Å². The Balaban J connectivity index is 1.46. The van der Waals surface area contributed by atoms with E-state index in [2.05, 4.69) is 15.6 Å². The highest BCUT2D eigenvalue weighted by molar-refractivity contribution is 5.98. The summed E-state index contributed by atoms with van der Waals surface area (Å²) in [5.74, 6) is -0.114. The molecule has 2 aromatic carbocycles. The molecule has 0 spiro atoms. The second-order valence-corrected chi connectivity index (χ2v) is 6.28. The van der Waals surface area contributed by atoms with E-state index in [0.717, 1.165) is 16.7 Å². The topological polar surface area (TPSA) is 83.2 Å². The third-order valence-corrected chi connectivity index (χ3v) is 4.14. The first kappa shape index (κ1) is 19.4. The van der Waals surface area contributed by atoms with Crippen LogP contribution in [0.4, 0.5) is 4.39 Å². The predicted octanol–water partition coefficient (Wildman–Crippen LogP) is 2.79. The van der Waals surface area contributed by atoms with Crippen molar-refractivity contribution >= 4 is 22.7 Å². The molecule has 1 aromatic heterocycles. The lowest BCUT2D eigenvalue weighted by Crippen LogP contribution is -2.35. The normalized spacial score (nSPS) is 10.6. The highest BCUT2D eigenvalue weighted by atomic mass is 19.1. The molecule has 0 aliphatic rings. The Kier molecular flexibility index (Phi) is 6.26. The Morgan fingerprint density at radius 3 is 2.68 bits per heavy atom. The van der Waals surface area contributed by atoms with Gasteiger partial charge in [0.15, 0.2) is 0 Å². The van der Waals surface area contributed by atoms with Crippen LogP contribution < -0.4 is 15.4 Å². The first-order valence-corrected chi connectivity index (χ1v) is 9.10. The summed E-state index contributed by atoms with van der Waals surface area (Å²) >= 11 is 0. The first-order valence-electron chi connectivity index (χ1n) is 9.10. The minimum atomic E-state index is -0.371. The second-order valence-electron chi connectivity index (χ2n) is 6.28. The van der Waals surface area contributed by atoms with Crippen molar-refractivity contribution in [3.8, 4) is 5.75 Å². The summed E-state index contributed by atoms with van der Waals surface area (Å²) in [5.41, 5.74) is 1.86. The lowest BCUT2D eigenvalue weighted by molar-refractivity contribution is -0.120. The van der Waals surface area contributed by atoms with Gasteiger partial charge in [0.25, 0.3) is 5.91 Å². The number of rotatable bonds is 8. The van der Waals surface area contributed by atoms with Gasteiger partial charge in [0.2, 0.25) is 5.91 Å². The fourth-order valence-electron chi connectivity index (χ4n) is 2.85. The molecule has 0 bridgehead atoms. The number of fused-ring (bicyclic) bond motifs is 1. The van der Waals surface area contributed by atoms with Crippen molar-refractivity contribution in [2.45, 2.75) is 13.3 Å². The van der Waals surface area contributed by atoms with Crippen LogP contribution in [0.3, 0.4) is 0 Å². The number of H-pyrrole nitrogens is 1. The Morgan fingerprint density at radius 2 is 1.89 bits per heavy atom. The Bertz CT molecular complexity index is 984. The van der Waals surface area contributed by atoms with Gasteiger partial charge in [-0.2, -0.15) is 0 Å². The highest BCUT2D eigenvalue weighted by Crippen LogP contribution is 2.21. The number of nitrogens with one attached hydrogen (secondary N) is 3. The quantitative estimate of drug-likeness (QED) is 0.523. The number of carbonyl (C=O) groups is 2. The number of aromatic amines is 1. The summed E-state index contributed by atoms with van der Waals surface area (Å²) in [4.78, 5) is 27.2. The molecular weight excluding hydrogens is 361 g/mol. The molecule has 0 aliphatic carbocycles. The van der Waals surface area contributed by atoms with Gasteiger partial charge in [0, 0.05) is 30.1 Å². The first-order chi connectivity index (χ1) is 13.5. The van der Waals surface area contributed by atoms with Crippen LogP contribution in [0.1, 0.15) is 23.0 Å². The molecule has 0 aliphatic heterocycles. The summed E-state index contributed by atoms with van der Waals surface area (Å²) in [6.07, 6.45) is 0.0931. The summed E-state index contributed by atoms with van der Waals surface area (Å²) in [6.45, 7) is 3.06. The van der Waals surface area contributed by atoms with Crippen LogP contribution in [0.15, 0.2) is 48.5 Å². The van der Waals surface area contributed by atoms with Gasteiger partial charge in [-0.15, -0.1) is 0 Å². The molecule has 0 atom stereocenters. The molecule has 1 heterocycles. The van der Waals surface area contributed by atoms with Crippen LogP contribution in [-0.4, -0.2) is 36.5 Å². The molecule has 146 valence electrons. The lowest BCUT2D eigenvalue weighted by Gasteiger charge is -2.07. The molecule has 7 heteroatoms. The summed E-state index contributed by atoms with van der Waals surface area (Å²) in [5, 5.41) is 6.37. The standard InChI is InChI=1S/C21H22FN3O3/c1-2-28-17-7-6-15-12-19(25-18(15)13-17)21(27)24-9-8-23-20(26)11-14-4-3-5-16(22)10-14/h3-7,10,12-13,25H,2,8-9,11H2,1H3,(H,23,26)(H,24,27). The Labute approximate surface area is 162 Å². The summed E-state index contributed by atoms with van der Waals surface area (Å²) < 4.78 is 18.6. The highest BCUT2D eigenvalue weighted by Gasteiger charge is 2.10. The van der Waals surface area contributed by atoms with Crippen LogP contribution in [0.25, 0.3) is 10.9 Å². The number of hydrogen-bond donors (Lipinski definition) is 3. The predicted molar refractivity (Wildman–Crippen MR) is 105 cm³/mol. The Hall–Kier alpha value is -3.35. The fourth-order valence-corrected chi connectivity index (χ4v) is 2.85. The zero-order valence-corrected chi connectivity index (χ0v) is 15.5. The fraction of sp³-hybridized carbons (Fsp3) is 0.238. The van der Waals surface area contributed by atoms with Gasteiger partial charge in [-0.05, 0) is 42.8 Å². The number of aromatic nitrogens is 1. The number of benzene rings is 2. The van der Waals surface area contributed by atoms with Crippen LogP contribution in [0, 0.1) is 5.82 Å². The van der Waals surface area contributed by atoms with Crippen LogP contribution in [0.5, 0.6) is 5.75 Å². The van der Waals surface area contributed by atoms with Crippen molar-refractivity contribution in [1.29, 1.82) is 0 Å². The monoisotopic (exact) mass is 383 g/mol. The molecule has 0 fully saturated rings. The molecule has 28 heavy (non-hydrogen) atoms. The van der Waals surface area contributed by atoms with Gasteiger partial charge in [-0.1, -0.05) is 12.1 Å². The van der Waals surface area contributed by atoms with Crippen molar-refractivity contribution < 1.29 is 18.7 Å². The van der Waals surface area contributed by atoms with Gasteiger partial charge in [0.1, 0.15) is 17.3 Å². The van der Waals surface area contributed by atoms with Gasteiger partial charge in [-0.3, -0.25) is 9.59 Å². The smallest absolute Gasteiger partial charge is 0.267 e. The summed E-state index contributed by atoms with van der Waals surface area (Å²) in [7, 11) is 0. The molecule has 0 unspecified atom stereocenters. The number of hydrogen-bond acceptors (Lipinski definition) is 3. The zero-order valence-electron chi connectivity index (χ0n) is 15.5. The average Bonchev–Trinajstić information content (AvgIpc) is 3.09. The van der Waals surface area contributed by atoms with E-state index >= 15 is 0 Å². The van der Waals surface area contributed by atoms with E-state index in [-0.39, 0.29) is 37.1 Å². The molecule has 3 rings (SSSR count). The molecule has 0 saturated carbocycles. The summed E-state index contributed by atoms with van der Waals surface area (Å²) in [6, 6.07) is 13.3. The molecular formula is C21H22FN3O3. The number of ether oxygens (including phenoxy) is 1. The lowest BCUT2D eigenvalue weighted by atomic mass is 10.1. The largest absolute Gasteiger partial charge is 0.494 e. The van der Waals surface area contributed by atoms with E-state index in [4.69, 9.17) is 4.74 Å². The van der Waals surface area contributed by atoms with Gasteiger partial charge >= 0.3 is 0 Å². The second kappa shape index (κ2) is 9.03. The van der Waals surface area contributed by atoms with Gasteiger partial charge in [0.05, 0.1) is 13.0 Å². The van der Waals surface area contributed by atoms with Crippen molar-refractivity contribution in [3.05, 3.63) is 65.6 Å². The molecule has 0 saturated heterocycles. The van der Waals surface area contributed by atoms with Crippen molar-refractivity contribution in [1.82, 2.24) is 15.6 Å². The molecule has 3 N–H and O–H groups in total. The minimum absolute atomic E-state index is 0.0931. The average molecular weight is 383 g/mol. The molecule has 6 nitrogen and oxygen atoms in total. The zero-order chi connectivity index (χ0) is 19.9. The van der Waals surface area contributed by atoms with Crippen molar-refractivity contribution in [2.24, 2.45) is 0 Å². The number of carbonyl (C=O) groups excluding carboxylic acids is 2. The van der Waals surface area contributed by atoms with Gasteiger partial charge < -0.3 is 20.4 Å². The maximum atomic E-state index is 13.1. The maximum absolute atomic E-state index is 13.1. The SMILES string of the molecule is CCOc1ccc2cc(C(=O)NCCNC(=O)Cc3cccc(F)c3)[nH]c2c1. The third-order valence-electron chi connectivity index (χ3n) is 4.14. The third kappa shape index (κ3) is 5.09. The minimum Gasteiger partial charge on any atom is -0.494 e. The van der Waals surface area contributed by atoms with E-state index in [1.807, 2.05) is 25.1 Å². The van der Waals surface area contributed by atoms with Crippen molar-refractivity contribution in [2.75, 3.05) is 19.7 Å². The molecule has 2 amide bonds. The molecule has 3 aromatic rings. The maximum Gasteiger partial charge on any atom is 0.267 e. The number of halogens is 1. The van der Waals surface area contributed by atoms with E-state index < -0.39 is 0 Å². The van der Waals surface area contributed by atoms with Crippen molar-refractivity contribution in [3.63, 3.8) is 0 Å².